The van der Waals surface area contributed by atoms with E-state index in [1.165, 1.54) is 4.68 Å². The standard InChI is InChI=1S/C15H13N7O/c1-9-12(8-16)14(19-18-13-10(2)17-20-15(13)23)22(21-9)11-6-4-3-5-7-11/h3-7H,1-2H3,(H2,17,20,23). The molecule has 0 aliphatic heterocycles. The van der Waals surface area contributed by atoms with Crippen molar-refractivity contribution in [1.29, 1.82) is 5.26 Å². The number of aryl methyl sites for hydroxylation is 2. The zero-order valence-electron chi connectivity index (χ0n) is 12.5. The second-order valence-electron chi connectivity index (χ2n) is 4.90. The maximum Gasteiger partial charge on any atom is 0.291 e. The van der Waals surface area contributed by atoms with Crippen LogP contribution in [0.2, 0.25) is 0 Å². The van der Waals surface area contributed by atoms with Crippen LogP contribution in [0.15, 0.2) is 45.4 Å². The Hall–Kier alpha value is -3.47. The van der Waals surface area contributed by atoms with Gasteiger partial charge in [0.15, 0.2) is 11.5 Å². The molecule has 0 aliphatic rings. The number of hydrogen-bond acceptors (Lipinski definition) is 5. The molecule has 0 saturated carbocycles. The molecule has 0 amide bonds. The highest BCUT2D eigenvalue weighted by Gasteiger charge is 2.16. The minimum Gasteiger partial charge on any atom is -0.300 e. The molecule has 0 aliphatic carbocycles. The van der Waals surface area contributed by atoms with Crippen LogP contribution in [-0.4, -0.2) is 20.0 Å². The average molecular weight is 307 g/mol. The van der Waals surface area contributed by atoms with Crippen LogP contribution < -0.4 is 5.56 Å². The molecule has 0 spiro atoms. The topological polar surface area (TPSA) is 115 Å². The maximum atomic E-state index is 11.6. The number of benzene rings is 1. The van der Waals surface area contributed by atoms with E-state index >= 15 is 0 Å². The Morgan fingerprint density at radius 1 is 1.17 bits per heavy atom. The number of nitrogens with zero attached hydrogens (tertiary/aromatic N) is 5. The summed E-state index contributed by atoms with van der Waals surface area (Å²) in [7, 11) is 0. The molecule has 2 N–H and O–H groups in total. The molecule has 0 saturated heterocycles. The van der Waals surface area contributed by atoms with Crippen molar-refractivity contribution in [3.05, 3.63) is 57.6 Å². The van der Waals surface area contributed by atoms with Crippen LogP contribution in [0, 0.1) is 25.2 Å². The zero-order chi connectivity index (χ0) is 16.4. The van der Waals surface area contributed by atoms with Gasteiger partial charge in [0.2, 0.25) is 0 Å². The second kappa shape index (κ2) is 5.73. The Morgan fingerprint density at radius 3 is 2.52 bits per heavy atom. The monoisotopic (exact) mass is 307 g/mol. The van der Waals surface area contributed by atoms with Gasteiger partial charge in [0.25, 0.3) is 5.56 Å². The minimum absolute atomic E-state index is 0.173. The Morgan fingerprint density at radius 2 is 1.91 bits per heavy atom. The van der Waals surface area contributed by atoms with E-state index in [1.807, 2.05) is 30.3 Å². The average Bonchev–Trinajstić information content (AvgIpc) is 3.05. The normalized spacial score (nSPS) is 11.0. The molecule has 8 heteroatoms. The SMILES string of the molecule is Cc1nn(-c2ccccc2)c(N=Nc2c(C)[nH][nH]c2=O)c1C#N. The van der Waals surface area contributed by atoms with Gasteiger partial charge in [0.05, 0.1) is 17.1 Å². The van der Waals surface area contributed by atoms with Gasteiger partial charge in [-0.1, -0.05) is 18.2 Å². The van der Waals surface area contributed by atoms with E-state index in [2.05, 4.69) is 31.6 Å². The van der Waals surface area contributed by atoms with Crippen LogP contribution in [0.3, 0.4) is 0 Å². The third-order valence-electron chi connectivity index (χ3n) is 3.33. The molecule has 2 heterocycles. The lowest BCUT2D eigenvalue weighted by molar-refractivity contribution is 0.854. The van der Waals surface area contributed by atoms with Gasteiger partial charge in [0.1, 0.15) is 11.6 Å². The minimum atomic E-state index is -0.368. The molecule has 23 heavy (non-hydrogen) atoms. The lowest BCUT2D eigenvalue weighted by Crippen LogP contribution is -1.97. The molecule has 3 rings (SSSR count). The predicted octanol–water partition coefficient (Wildman–Crippen LogP) is 2.79. The van der Waals surface area contributed by atoms with Crippen molar-refractivity contribution in [3.63, 3.8) is 0 Å². The van der Waals surface area contributed by atoms with Crippen LogP contribution in [-0.2, 0) is 0 Å². The number of aromatic amines is 2. The summed E-state index contributed by atoms with van der Waals surface area (Å²) < 4.78 is 1.54. The van der Waals surface area contributed by atoms with E-state index in [4.69, 9.17) is 0 Å². The highest BCUT2D eigenvalue weighted by Crippen LogP contribution is 2.27. The first-order chi connectivity index (χ1) is 11.1. The van der Waals surface area contributed by atoms with Gasteiger partial charge in [-0.25, -0.2) is 4.68 Å². The first kappa shape index (κ1) is 14.5. The first-order valence-electron chi connectivity index (χ1n) is 6.86. The number of rotatable bonds is 3. The fourth-order valence-corrected chi connectivity index (χ4v) is 2.14. The first-order valence-corrected chi connectivity index (χ1v) is 6.86. The van der Waals surface area contributed by atoms with Crippen molar-refractivity contribution in [1.82, 2.24) is 20.0 Å². The summed E-state index contributed by atoms with van der Waals surface area (Å²) in [6.45, 7) is 3.43. The van der Waals surface area contributed by atoms with Crippen LogP contribution in [0.1, 0.15) is 17.0 Å². The molecule has 0 fully saturated rings. The van der Waals surface area contributed by atoms with Crippen molar-refractivity contribution in [2.45, 2.75) is 13.8 Å². The predicted molar refractivity (Wildman–Crippen MR) is 83.3 cm³/mol. The molecule has 0 bridgehead atoms. The van der Waals surface area contributed by atoms with Gasteiger partial charge in [-0.3, -0.25) is 9.89 Å². The van der Waals surface area contributed by atoms with Crippen molar-refractivity contribution < 1.29 is 0 Å². The smallest absolute Gasteiger partial charge is 0.291 e. The van der Waals surface area contributed by atoms with Crippen molar-refractivity contribution in [2.75, 3.05) is 0 Å². The third-order valence-corrected chi connectivity index (χ3v) is 3.33. The number of para-hydroxylation sites is 1. The van der Waals surface area contributed by atoms with Gasteiger partial charge in [-0.2, -0.15) is 10.4 Å². The van der Waals surface area contributed by atoms with Crippen LogP contribution in [0.5, 0.6) is 0 Å². The molecular formula is C15H13N7O. The highest BCUT2D eigenvalue weighted by molar-refractivity contribution is 5.55. The molecule has 2 aromatic heterocycles. The molecule has 8 nitrogen and oxygen atoms in total. The fourth-order valence-electron chi connectivity index (χ4n) is 2.14. The van der Waals surface area contributed by atoms with E-state index < -0.39 is 0 Å². The van der Waals surface area contributed by atoms with E-state index in [0.717, 1.165) is 5.69 Å². The van der Waals surface area contributed by atoms with Gasteiger partial charge in [0, 0.05) is 0 Å². The summed E-state index contributed by atoms with van der Waals surface area (Å²) in [5, 5.41) is 26.9. The van der Waals surface area contributed by atoms with E-state index in [0.29, 0.717) is 17.0 Å². The van der Waals surface area contributed by atoms with Gasteiger partial charge in [-0.15, -0.1) is 10.2 Å². The highest BCUT2D eigenvalue weighted by atomic mass is 16.1. The molecule has 114 valence electrons. The number of nitriles is 1. The Labute approximate surface area is 131 Å². The maximum absolute atomic E-state index is 11.6. The Bertz CT molecular complexity index is 970. The number of aromatic nitrogens is 4. The lowest BCUT2D eigenvalue weighted by Gasteiger charge is -2.02. The van der Waals surface area contributed by atoms with Crippen molar-refractivity contribution >= 4 is 11.5 Å². The van der Waals surface area contributed by atoms with E-state index in [9.17, 15) is 10.1 Å². The third kappa shape index (κ3) is 2.55. The molecule has 1 aromatic carbocycles. The van der Waals surface area contributed by atoms with Crippen LogP contribution >= 0.6 is 0 Å². The largest absolute Gasteiger partial charge is 0.300 e. The zero-order valence-corrected chi connectivity index (χ0v) is 12.5. The quantitative estimate of drug-likeness (QED) is 0.725. The number of azo groups is 1. The molecule has 0 atom stereocenters. The molecule has 0 unspecified atom stereocenters. The summed E-state index contributed by atoms with van der Waals surface area (Å²) in [5.74, 6) is 0.288. The molecule has 3 aromatic rings. The molecular weight excluding hydrogens is 294 g/mol. The number of H-pyrrole nitrogens is 2. The van der Waals surface area contributed by atoms with Crippen molar-refractivity contribution in [3.8, 4) is 11.8 Å². The lowest BCUT2D eigenvalue weighted by atomic mass is 10.2. The second-order valence-corrected chi connectivity index (χ2v) is 4.90. The van der Waals surface area contributed by atoms with Gasteiger partial charge >= 0.3 is 0 Å². The fraction of sp³-hybridized carbons (Fsp3) is 0.133. The van der Waals surface area contributed by atoms with Gasteiger partial charge in [-0.05, 0) is 26.0 Å². The summed E-state index contributed by atoms with van der Waals surface area (Å²) in [6, 6.07) is 11.4. The Kier molecular flexibility index (Phi) is 3.60. The number of nitrogens with one attached hydrogen (secondary N) is 2. The van der Waals surface area contributed by atoms with E-state index in [-0.39, 0.29) is 17.1 Å². The summed E-state index contributed by atoms with van der Waals surface area (Å²) in [6.07, 6.45) is 0. The van der Waals surface area contributed by atoms with Crippen LogP contribution in [0.25, 0.3) is 5.69 Å². The summed E-state index contributed by atoms with van der Waals surface area (Å²) >= 11 is 0. The summed E-state index contributed by atoms with van der Waals surface area (Å²) in [4.78, 5) is 11.6. The van der Waals surface area contributed by atoms with Gasteiger partial charge < -0.3 is 5.10 Å². The Balaban J connectivity index is 2.15. The molecule has 0 radical (unpaired) electrons. The van der Waals surface area contributed by atoms with E-state index in [1.54, 1.807) is 13.8 Å². The van der Waals surface area contributed by atoms with Crippen LogP contribution in [0.4, 0.5) is 11.5 Å². The number of hydrogen-bond donors (Lipinski definition) is 2. The summed E-state index contributed by atoms with van der Waals surface area (Å²) in [5.41, 5.74) is 2.00. The van der Waals surface area contributed by atoms with Crippen molar-refractivity contribution in [2.24, 2.45) is 10.2 Å².